The maximum atomic E-state index is 12.7. The zero-order valence-electron chi connectivity index (χ0n) is 15.9. The molecule has 0 aromatic heterocycles. The Kier molecular flexibility index (Phi) is 7.35. The Bertz CT molecular complexity index is 967. The minimum absolute atomic E-state index is 0.0183. The lowest BCUT2D eigenvalue weighted by Gasteiger charge is -2.19. The SMILES string of the molecule is CCC(=O)c1ccc(OC(=O)c2cc(S(=O)(=O)N(CC)CC)ccc2Cl)cc1. The van der Waals surface area contributed by atoms with Crippen molar-refractivity contribution >= 4 is 33.4 Å². The molecule has 0 aliphatic heterocycles. The van der Waals surface area contributed by atoms with Gasteiger partial charge in [0.15, 0.2) is 5.78 Å². The van der Waals surface area contributed by atoms with E-state index in [9.17, 15) is 18.0 Å². The number of hydrogen-bond donors (Lipinski definition) is 0. The number of ketones is 1. The first kappa shape index (κ1) is 22.1. The molecular formula is C20H22ClNO5S. The van der Waals surface area contributed by atoms with Gasteiger partial charge in [-0.25, -0.2) is 13.2 Å². The van der Waals surface area contributed by atoms with Gasteiger partial charge in [0.2, 0.25) is 10.0 Å². The van der Waals surface area contributed by atoms with E-state index in [1.165, 1.54) is 34.6 Å². The highest BCUT2D eigenvalue weighted by Crippen LogP contribution is 2.25. The third-order valence-electron chi connectivity index (χ3n) is 4.21. The van der Waals surface area contributed by atoms with Gasteiger partial charge in [0.25, 0.3) is 0 Å². The number of rotatable bonds is 8. The highest BCUT2D eigenvalue weighted by atomic mass is 35.5. The molecule has 2 aromatic carbocycles. The lowest BCUT2D eigenvalue weighted by atomic mass is 10.1. The second-order valence-electron chi connectivity index (χ2n) is 5.92. The molecule has 0 saturated heterocycles. The second-order valence-corrected chi connectivity index (χ2v) is 8.27. The molecule has 150 valence electrons. The second kappa shape index (κ2) is 9.32. The van der Waals surface area contributed by atoms with Crippen molar-refractivity contribution in [3.63, 3.8) is 0 Å². The van der Waals surface area contributed by atoms with Gasteiger partial charge in [-0.05, 0) is 42.5 Å². The van der Waals surface area contributed by atoms with E-state index in [-0.39, 0.29) is 27.0 Å². The summed E-state index contributed by atoms with van der Waals surface area (Å²) >= 11 is 6.09. The van der Waals surface area contributed by atoms with Crippen molar-refractivity contribution in [1.29, 1.82) is 0 Å². The number of Topliss-reactive ketones (excluding diaryl/α,β-unsaturated/α-hetero) is 1. The van der Waals surface area contributed by atoms with Crippen LogP contribution in [0.4, 0.5) is 0 Å². The summed E-state index contributed by atoms with van der Waals surface area (Å²) < 4.78 is 31.9. The number of nitrogens with zero attached hydrogens (tertiary/aromatic N) is 1. The first-order valence-electron chi connectivity index (χ1n) is 8.89. The van der Waals surface area contributed by atoms with Crippen LogP contribution in [0.15, 0.2) is 47.4 Å². The van der Waals surface area contributed by atoms with Crippen molar-refractivity contribution in [2.45, 2.75) is 32.1 Å². The number of carbonyl (C=O) groups is 2. The van der Waals surface area contributed by atoms with Crippen LogP contribution in [-0.2, 0) is 10.0 Å². The fraction of sp³-hybridized carbons (Fsp3) is 0.300. The van der Waals surface area contributed by atoms with E-state index in [4.69, 9.17) is 16.3 Å². The van der Waals surface area contributed by atoms with Crippen molar-refractivity contribution < 1.29 is 22.7 Å². The van der Waals surface area contributed by atoms with Gasteiger partial charge < -0.3 is 4.74 Å². The summed E-state index contributed by atoms with van der Waals surface area (Å²) in [7, 11) is -3.74. The van der Waals surface area contributed by atoms with Crippen LogP contribution in [0.2, 0.25) is 5.02 Å². The van der Waals surface area contributed by atoms with Crippen LogP contribution in [0.1, 0.15) is 47.9 Å². The number of benzene rings is 2. The van der Waals surface area contributed by atoms with Crippen molar-refractivity contribution in [2.75, 3.05) is 13.1 Å². The summed E-state index contributed by atoms with van der Waals surface area (Å²) in [6.07, 6.45) is 0.378. The van der Waals surface area contributed by atoms with Crippen LogP contribution in [0.3, 0.4) is 0 Å². The fourth-order valence-corrected chi connectivity index (χ4v) is 4.29. The zero-order chi connectivity index (χ0) is 20.9. The molecule has 0 bridgehead atoms. The third-order valence-corrected chi connectivity index (χ3v) is 6.58. The average molecular weight is 424 g/mol. The molecule has 0 heterocycles. The van der Waals surface area contributed by atoms with Crippen LogP contribution in [0, 0.1) is 0 Å². The Balaban J connectivity index is 2.30. The predicted molar refractivity (Wildman–Crippen MR) is 108 cm³/mol. The van der Waals surface area contributed by atoms with Gasteiger partial charge in [0.1, 0.15) is 5.75 Å². The average Bonchev–Trinajstić information content (AvgIpc) is 2.68. The maximum Gasteiger partial charge on any atom is 0.345 e. The Morgan fingerprint density at radius 1 is 1.00 bits per heavy atom. The smallest absolute Gasteiger partial charge is 0.345 e. The van der Waals surface area contributed by atoms with Crippen molar-refractivity contribution in [3.05, 3.63) is 58.6 Å². The molecule has 0 atom stereocenters. The van der Waals surface area contributed by atoms with E-state index in [0.29, 0.717) is 25.1 Å². The van der Waals surface area contributed by atoms with E-state index in [2.05, 4.69) is 0 Å². The molecule has 0 saturated carbocycles. The first-order valence-corrected chi connectivity index (χ1v) is 10.7. The van der Waals surface area contributed by atoms with Gasteiger partial charge in [0, 0.05) is 25.1 Å². The van der Waals surface area contributed by atoms with Gasteiger partial charge in [-0.2, -0.15) is 4.31 Å². The van der Waals surface area contributed by atoms with Crippen LogP contribution in [0.5, 0.6) is 5.75 Å². The normalized spacial score (nSPS) is 11.5. The molecule has 6 nitrogen and oxygen atoms in total. The van der Waals surface area contributed by atoms with E-state index >= 15 is 0 Å². The molecule has 0 radical (unpaired) electrons. The molecule has 0 aliphatic rings. The molecule has 0 amide bonds. The van der Waals surface area contributed by atoms with Gasteiger partial charge in [-0.1, -0.05) is 32.4 Å². The molecule has 2 rings (SSSR count). The minimum atomic E-state index is -3.74. The first-order chi connectivity index (χ1) is 13.2. The standard InChI is InChI=1S/C20H22ClNO5S/c1-4-19(23)14-7-9-15(10-8-14)27-20(24)17-13-16(11-12-18(17)21)28(25,26)22(5-2)6-3/h7-13H,4-6H2,1-3H3. The predicted octanol–water partition coefficient (Wildman–Crippen LogP) is 4.18. The number of esters is 1. The van der Waals surface area contributed by atoms with Crippen molar-refractivity contribution in [3.8, 4) is 5.75 Å². The molecule has 0 N–H and O–H groups in total. The summed E-state index contributed by atoms with van der Waals surface area (Å²) in [5.74, 6) is -0.572. The van der Waals surface area contributed by atoms with Gasteiger partial charge in [-0.3, -0.25) is 4.79 Å². The van der Waals surface area contributed by atoms with Gasteiger partial charge >= 0.3 is 5.97 Å². The van der Waals surface area contributed by atoms with Gasteiger partial charge in [-0.15, -0.1) is 0 Å². The van der Waals surface area contributed by atoms with Crippen molar-refractivity contribution in [2.24, 2.45) is 0 Å². The van der Waals surface area contributed by atoms with E-state index in [0.717, 1.165) is 0 Å². The van der Waals surface area contributed by atoms with Crippen LogP contribution < -0.4 is 4.74 Å². The number of sulfonamides is 1. The van der Waals surface area contributed by atoms with Crippen LogP contribution in [0.25, 0.3) is 0 Å². The largest absolute Gasteiger partial charge is 0.423 e. The monoisotopic (exact) mass is 423 g/mol. The summed E-state index contributed by atoms with van der Waals surface area (Å²) in [6, 6.07) is 10.1. The zero-order valence-corrected chi connectivity index (χ0v) is 17.5. The molecule has 8 heteroatoms. The van der Waals surface area contributed by atoms with Gasteiger partial charge in [0.05, 0.1) is 15.5 Å². The Hall–Kier alpha value is -2.22. The highest BCUT2D eigenvalue weighted by molar-refractivity contribution is 7.89. The summed E-state index contributed by atoms with van der Waals surface area (Å²) in [4.78, 5) is 24.1. The lowest BCUT2D eigenvalue weighted by molar-refractivity contribution is 0.0734. The Labute approximate surface area is 170 Å². The third kappa shape index (κ3) is 4.79. The highest BCUT2D eigenvalue weighted by Gasteiger charge is 2.24. The molecular weight excluding hydrogens is 402 g/mol. The molecule has 0 spiro atoms. The lowest BCUT2D eigenvalue weighted by Crippen LogP contribution is -2.30. The Morgan fingerprint density at radius 3 is 2.14 bits per heavy atom. The molecule has 0 aliphatic carbocycles. The number of ether oxygens (including phenoxy) is 1. The summed E-state index contributed by atoms with van der Waals surface area (Å²) in [6.45, 7) is 5.85. The summed E-state index contributed by atoms with van der Waals surface area (Å²) in [5.41, 5.74) is 0.469. The quantitative estimate of drug-likeness (QED) is 0.361. The summed E-state index contributed by atoms with van der Waals surface area (Å²) in [5, 5.41) is 0.0845. The van der Waals surface area contributed by atoms with Crippen LogP contribution >= 0.6 is 11.6 Å². The fourth-order valence-electron chi connectivity index (χ4n) is 2.61. The molecule has 0 unspecified atom stereocenters. The van der Waals surface area contributed by atoms with E-state index in [1.807, 2.05) is 0 Å². The minimum Gasteiger partial charge on any atom is -0.423 e. The topological polar surface area (TPSA) is 80.8 Å². The number of hydrogen-bond acceptors (Lipinski definition) is 5. The molecule has 2 aromatic rings. The number of halogens is 1. The molecule has 0 fully saturated rings. The number of carbonyl (C=O) groups excluding carboxylic acids is 2. The van der Waals surface area contributed by atoms with E-state index < -0.39 is 16.0 Å². The van der Waals surface area contributed by atoms with Crippen molar-refractivity contribution in [1.82, 2.24) is 4.31 Å². The van der Waals surface area contributed by atoms with E-state index in [1.54, 1.807) is 32.9 Å². The molecule has 28 heavy (non-hydrogen) atoms. The maximum absolute atomic E-state index is 12.7. The van der Waals surface area contributed by atoms with Crippen LogP contribution in [-0.4, -0.2) is 37.6 Å². The Morgan fingerprint density at radius 2 is 1.61 bits per heavy atom.